The summed E-state index contributed by atoms with van der Waals surface area (Å²) in [6.07, 6.45) is 4.19. The standard InChI is InChI=1S/2C5H9O2.Ca/c2*6-4-5-2-1-3-7-5;/h2*5H,1-4H2;/q2*-1;+2. The van der Waals surface area contributed by atoms with Crippen molar-refractivity contribution >= 4 is 37.7 Å². The van der Waals surface area contributed by atoms with Crippen LogP contribution in [0.1, 0.15) is 25.7 Å². The Kier molecular flexibility index (Phi) is 11.0. The summed E-state index contributed by atoms with van der Waals surface area (Å²) >= 11 is 0. The van der Waals surface area contributed by atoms with Gasteiger partial charge in [-0.05, 0) is 25.7 Å². The summed E-state index contributed by atoms with van der Waals surface area (Å²) in [4.78, 5) is 0. The molecule has 84 valence electrons. The van der Waals surface area contributed by atoms with Crippen LogP contribution in [0.2, 0.25) is 0 Å². The molecule has 0 bridgehead atoms. The Morgan fingerprint density at radius 3 is 1.40 bits per heavy atom. The third-order valence-electron chi connectivity index (χ3n) is 2.42. The van der Waals surface area contributed by atoms with Crippen molar-refractivity contribution in [1.29, 1.82) is 0 Å². The fraction of sp³-hybridized carbons (Fsp3) is 1.00. The van der Waals surface area contributed by atoms with Gasteiger partial charge in [0, 0.05) is 25.4 Å². The van der Waals surface area contributed by atoms with Crippen LogP contribution in [-0.2, 0) is 9.47 Å². The van der Waals surface area contributed by atoms with E-state index >= 15 is 0 Å². The molecule has 0 N–H and O–H groups in total. The number of hydrogen-bond acceptors (Lipinski definition) is 4. The van der Waals surface area contributed by atoms with Gasteiger partial charge in [0.1, 0.15) is 0 Å². The molecule has 2 unspecified atom stereocenters. The van der Waals surface area contributed by atoms with E-state index in [1.165, 1.54) is 0 Å². The van der Waals surface area contributed by atoms with Crippen LogP contribution >= 0.6 is 0 Å². The quantitative estimate of drug-likeness (QED) is 0.563. The van der Waals surface area contributed by atoms with Crippen molar-refractivity contribution in [2.75, 3.05) is 26.4 Å². The second-order valence-corrected chi connectivity index (χ2v) is 3.60. The SMILES string of the molecule is [Ca+2].[O-]CC1CCCO1.[O-]CC1CCCO1. The summed E-state index contributed by atoms with van der Waals surface area (Å²) in [5, 5.41) is 20.0. The molecular weight excluding hydrogens is 224 g/mol. The van der Waals surface area contributed by atoms with Crippen LogP contribution in [0.5, 0.6) is 0 Å². The average molecular weight is 242 g/mol. The molecule has 15 heavy (non-hydrogen) atoms. The van der Waals surface area contributed by atoms with Gasteiger partial charge < -0.3 is 19.7 Å². The molecule has 4 nitrogen and oxygen atoms in total. The first-order valence-corrected chi connectivity index (χ1v) is 5.26. The monoisotopic (exact) mass is 242 g/mol. The molecule has 2 aliphatic rings. The van der Waals surface area contributed by atoms with E-state index < -0.39 is 0 Å². The van der Waals surface area contributed by atoms with E-state index in [9.17, 15) is 10.2 Å². The Morgan fingerprint density at radius 1 is 0.867 bits per heavy atom. The first-order valence-electron chi connectivity index (χ1n) is 5.26. The largest absolute Gasteiger partial charge is 2.00 e. The van der Waals surface area contributed by atoms with E-state index in [0.717, 1.165) is 38.9 Å². The zero-order valence-corrected chi connectivity index (χ0v) is 11.4. The van der Waals surface area contributed by atoms with Gasteiger partial charge in [-0.3, -0.25) is 0 Å². The van der Waals surface area contributed by atoms with Gasteiger partial charge in [-0.2, -0.15) is 0 Å². The topological polar surface area (TPSA) is 64.6 Å². The minimum Gasteiger partial charge on any atom is -0.853 e. The molecule has 2 aliphatic heterocycles. The smallest absolute Gasteiger partial charge is 0.853 e. The summed E-state index contributed by atoms with van der Waals surface area (Å²) in [6, 6.07) is 0. The second-order valence-electron chi connectivity index (χ2n) is 3.60. The van der Waals surface area contributed by atoms with Crippen LogP contribution in [0.15, 0.2) is 0 Å². The average Bonchev–Trinajstić information content (AvgIpc) is 2.92. The van der Waals surface area contributed by atoms with E-state index in [1.807, 2.05) is 0 Å². The van der Waals surface area contributed by atoms with Crippen LogP contribution in [0, 0.1) is 0 Å². The van der Waals surface area contributed by atoms with Crippen LogP contribution in [0.25, 0.3) is 0 Å². The van der Waals surface area contributed by atoms with Crippen LogP contribution in [0.4, 0.5) is 0 Å². The van der Waals surface area contributed by atoms with Gasteiger partial charge in [-0.25, -0.2) is 0 Å². The van der Waals surface area contributed by atoms with E-state index in [1.54, 1.807) is 0 Å². The number of hydrogen-bond donors (Lipinski definition) is 0. The van der Waals surface area contributed by atoms with Crippen molar-refractivity contribution in [2.45, 2.75) is 37.9 Å². The molecule has 2 saturated heterocycles. The maximum atomic E-state index is 10.0. The summed E-state index contributed by atoms with van der Waals surface area (Å²) in [7, 11) is 0. The van der Waals surface area contributed by atoms with Crippen LogP contribution < -0.4 is 10.2 Å². The molecule has 0 radical (unpaired) electrons. The summed E-state index contributed by atoms with van der Waals surface area (Å²) in [5.74, 6) is 0. The molecule has 2 atom stereocenters. The van der Waals surface area contributed by atoms with E-state index in [0.29, 0.717) is 0 Å². The van der Waals surface area contributed by atoms with Gasteiger partial charge in [-0.15, -0.1) is 13.2 Å². The van der Waals surface area contributed by atoms with Gasteiger partial charge in [0.05, 0.1) is 0 Å². The number of rotatable bonds is 2. The van der Waals surface area contributed by atoms with Crippen molar-refractivity contribution in [3.8, 4) is 0 Å². The summed E-state index contributed by atoms with van der Waals surface area (Å²) in [6.45, 7) is 1.49. The molecule has 2 fully saturated rings. The molecule has 2 heterocycles. The molecule has 0 aromatic rings. The fourth-order valence-electron chi connectivity index (χ4n) is 1.55. The predicted molar refractivity (Wildman–Crippen MR) is 53.4 cm³/mol. The van der Waals surface area contributed by atoms with Crippen LogP contribution in [-0.4, -0.2) is 76.4 Å². The van der Waals surface area contributed by atoms with E-state index in [-0.39, 0.29) is 63.2 Å². The summed E-state index contributed by atoms with van der Waals surface area (Å²) < 4.78 is 9.98. The Balaban J connectivity index is 0.000000245. The first-order chi connectivity index (χ1) is 6.86. The van der Waals surface area contributed by atoms with Crippen molar-refractivity contribution in [2.24, 2.45) is 0 Å². The molecule has 0 aliphatic carbocycles. The molecular formula is C10H18CaO4. The maximum absolute atomic E-state index is 10.0. The first kappa shape index (κ1) is 16.1. The van der Waals surface area contributed by atoms with Crippen molar-refractivity contribution < 1.29 is 19.7 Å². The Morgan fingerprint density at radius 2 is 1.27 bits per heavy atom. The number of ether oxygens (including phenoxy) is 2. The van der Waals surface area contributed by atoms with Crippen molar-refractivity contribution in [3.05, 3.63) is 0 Å². The minimum atomic E-state index is -0.0556. The van der Waals surface area contributed by atoms with Crippen molar-refractivity contribution in [1.82, 2.24) is 0 Å². The fourth-order valence-corrected chi connectivity index (χ4v) is 1.55. The van der Waals surface area contributed by atoms with Gasteiger partial charge >= 0.3 is 37.7 Å². The van der Waals surface area contributed by atoms with Crippen LogP contribution in [0.3, 0.4) is 0 Å². The van der Waals surface area contributed by atoms with Gasteiger partial charge in [-0.1, -0.05) is 0 Å². The van der Waals surface area contributed by atoms with E-state index in [2.05, 4.69) is 0 Å². The summed E-state index contributed by atoms with van der Waals surface area (Å²) in [5.41, 5.74) is 0. The normalized spacial score (nSPS) is 29.2. The van der Waals surface area contributed by atoms with Gasteiger partial charge in [0.15, 0.2) is 0 Å². The Bertz CT molecular complexity index is 117. The van der Waals surface area contributed by atoms with Gasteiger partial charge in [0.25, 0.3) is 0 Å². The predicted octanol–water partition coefficient (Wildman–Crippen LogP) is -1.33. The second kappa shape index (κ2) is 10.3. The van der Waals surface area contributed by atoms with Gasteiger partial charge in [0.2, 0.25) is 0 Å². The molecule has 5 heteroatoms. The minimum absolute atomic E-state index is 0. The molecule has 0 saturated carbocycles. The van der Waals surface area contributed by atoms with E-state index in [4.69, 9.17) is 9.47 Å². The Hall–Kier alpha value is 1.10. The van der Waals surface area contributed by atoms with Crippen molar-refractivity contribution in [3.63, 3.8) is 0 Å². The molecule has 0 spiro atoms. The maximum Gasteiger partial charge on any atom is 2.00 e. The molecule has 0 amide bonds. The third-order valence-corrected chi connectivity index (χ3v) is 2.42. The zero-order valence-electron chi connectivity index (χ0n) is 9.15. The molecule has 2 rings (SSSR count). The molecule has 0 aromatic carbocycles. The zero-order chi connectivity index (χ0) is 10.2. The third kappa shape index (κ3) is 7.10. The molecule has 0 aromatic heterocycles. The Labute approximate surface area is 121 Å².